The fourth-order valence-corrected chi connectivity index (χ4v) is 2.28. The van der Waals surface area contributed by atoms with Crippen LogP contribution in [-0.2, 0) is 4.79 Å². The van der Waals surface area contributed by atoms with Crippen LogP contribution in [0.4, 0.5) is 5.69 Å². The van der Waals surface area contributed by atoms with Gasteiger partial charge in [0, 0.05) is 11.8 Å². The number of anilines is 1. The summed E-state index contributed by atoms with van der Waals surface area (Å²) in [7, 11) is 0. The number of carbonyl (C=O) groups is 1. The van der Waals surface area contributed by atoms with Crippen molar-refractivity contribution in [1.82, 2.24) is 4.98 Å². The molecule has 23 heavy (non-hydrogen) atoms. The maximum atomic E-state index is 12.1. The van der Waals surface area contributed by atoms with Crippen LogP contribution in [-0.4, -0.2) is 23.5 Å². The molecule has 0 aliphatic heterocycles. The molecule has 1 aromatic heterocycles. The summed E-state index contributed by atoms with van der Waals surface area (Å²) in [6.45, 7) is 6.47. The van der Waals surface area contributed by atoms with Gasteiger partial charge in [-0.1, -0.05) is 13.8 Å². The molecular formula is C17H23N3O3. The topological polar surface area (TPSA) is 90.4 Å². The third-order valence-corrected chi connectivity index (χ3v) is 3.31. The molecule has 6 heteroatoms. The van der Waals surface area contributed by atoms with E-state index in [-0.39, 0.29) is 5.91 Å². The van der Waals surface area contributed by atoms with E-state index in [9.17, 15) is 4.79 Å². The van der Waals surface area contributed by atoms with Crippen LogP contribution in [0.1, 0.15) is 27.2 Å². The predicted octanol–water partition coefficient (Wildman–Crippen LogP) is 3.05. The third kappa shape index (κ3) is 4.56. The predicted molar refractivity (Wildman–Crippen MR) is 89.2 cm³/mol. The molecule has 1 amide bonds. The second-order valence-corrected chi connectivity index (χ2v) is 5.73. The van der Waals surface area contributed by atoms with Gasteiger partial charge < -0.3 is 20.2 Å². The van der Waals surface area contributed by atoms with Gasteiger partial charge in [0.15, 0.2) is 12.2 Å². The lowest BCUT2D eigenvalue weighted by Gasteiger charge is -2.15. The van der Waals surface area contributed by atoms with Crippen molar-refractivity contribution in [3.8, 4) is 17.1 Å². The summed E-state index contributed by atoms with van der Waals surface area (Å²) in [5.41, 5.74) is 7.33. The average molecular weight is 317 g/mol. The van der Waals surface area contributed by atoms with Crippen molar-refractivity contribution >= 4 is 11.6 Å². The van der Waals surface area contributed by atoms with E-state index in [1.807, 2.05) is 26.8 Å². The van der Waals surface area contributed by atoms with Crippen LogP contribution in [0, 0.1) is 5.92 Å². The molecule has 0 aliphatic carbocycles. The molecule has 0 bridgehead atoms. The molecule has 2 aromatic rings. The van der Waals surface area contributed by atoms with E-state index >= 15 is 0 Å². The quantitative estimate of drug-likeness (QED) is 0.819. The molecule has 124 valence electrons. The van der Waals surface area contributed by atoms with Gasteiger partial charge in [-0.25, -0.2) is 4.98 Å². The number of amides is 1. The van der Waals surface area contributed by atoms with Crippen LogP contribution in [0.15, 0.2) is 35.2 Å². The second-order valence-electron chi connectivity index (χ2n) is 5.73. The molecule has 0 spiro atoms. The summed E-state index contributed by atoms with van der Waals surface area (Å²) in [4.78, 5) is 16.0. The summed E-state index contributed by atoms with van der Waals surface area (Å²) in [6, 6.07) is 4.86. The number of rotatable bonds is 7. The number of benzene rings is 1. The van der Waals surface area contributed by atoms with Gasteiger partial charge in [0.2, 0.25) is 5.91 Å². The maximum absolute atomic E-state index is 12.1. The Labute approximate surface area is 136 Å². The molecule has 0 radical (unpaired) electrons. The Morgan fingerprint density at radius 2 is 2.22 bits per heavy atom. The van der Waals surface area contributed by atoms with E-state index in [1.165, 1.54) is 6.39 Å². The SMILES string of the molecule is CCOc1cc(NC(=O)C(N)CC(C)C)ccc1-c1cnco1. The molecule has 0 aliphatic rings. The zero-order valence-electron chi connectivity index (χ0n) is 13.7. The highest BCUT2D eigenvalue weighted by Gasteiger charge is 2.16. The Morgan fingerprint density at radius 3 is 2.83 bits per heavy atom. The lowest BCUT2D eigenvalue weighted by Crippen LogP contribution is -2.36. The fraction of sp³-hybridized carbons (Fsp3) is 0.412. The molecule has 1 atom stereocenters. The van der Waals surface area contributed by atoms with E-state index in [1.54, 1.807) is 18.3 Å². The first-order valence-corrected chi connectivity index (χ1v) is 7.73. The van der Waals surface area contributed by atoms with Gasteiger partial charge in [0.05, 0.1) is 24.4 Å². The fourth-order valence-electron chi connectivity index (χ4n) is 2.28. The molecule has 3 N–H and O–H groups in total. The first kappa shape index (κ1) is 17.0. The zero-order valence-corrected chi connectivity index (χ0v) is 13.7. The first-order chi connectivity index (χ1) is 11.0. The van der Waals surface area contributed by atoms with E-state index in [4.69, 9.17) is 14.9 Å². The molecule has 1 aromatic carbocycles. The summed E-state index contributed by atoms with van der Waals surface area (Å²) < 4.78 is 10.9. The summed E-state index contributed by atoms with van der Waals surface area (Å²) in [6.07, 6.45) is 3.63. The van der Waals surface area contributed by atoms with Gasteiger partial charge in [-0.15, -0.1) is 0 Å². The summed E-state index contributed by atoms with van der Waals surface area (Å²) in [5.74, 6) is 1.40. The Morgan fingerprint density at radius 1 is 1.43 bits per heavy atom. The minimum Gasteiger partial charge on any atom is -0.493 e. The van der Waals surface area contributed by atoms with Crippen LogP contribution in [0.5, 0.6) is 5.75 Å². The third-order valence-electron chi connectivity index (χ3n) is 3.31. The number of hydrogen-bond donors (Lipinski definition) is 2. The van der Waals surface area contributed by atoms with Gasteiger partial charge in [-0.05, 0) is 31.4 Å². The number of carbonyl (C=O) groups excluding carboxylic acids is 1. The minimum absolute atomic E-state index is 0.200. The van der Waals surface area contributed by atoms with Crippen LogP contribution in [0.25, 0.3) is 11.3 Å². The van der Waals surface area contributed by atoms with E-state index in [0.29, 0.717) is 36.1 Å². The minimum atomic E-state index is -0.528. The molecule has 0 saturated carbocycles. The monoisotopic (exact) mass is 317 g/mol. The molecular weight excluding hydrogens is 294 g/mol. The van der Waals surface area contributed by atoms with Crippen LogP contribution < -0.4 is 15.8 Å². The number of nitrogens with two attached hydrogens (primary N) is 1. The molecule has 0 fully saturated rings. The smallest absolute Gasteiger partial charge is 0.241 e. The Bertz CT molecular complexity index is 639. The Hall–Kier alpha value is -2.34. The van der Waals surface area contributed by atoms with Gasteiger partial charge in [-0.3, -0.25) is 4.79 Å². The maximum Gasteiger partial charge on any atom is 0.241 e. The molecule has 2 rings (SSSR count). The number of ether oxygens (including phenoxy) is 1. The molecule has 0 saturated heterocycles. The van der Waals surface area contributed by atoms with E-state index in [0.717, 1.165) is 5.56 Å². The normalized spacial score (nSPS) is 12.2. The van der Waals surface area contributed by atoms with Crippen molar-refractivity contribution in [3.63, 3.8) is 0 Å². The van der Waals surface area contributed by atoms with Gasteiger partial charge in [0.25, 0.3) is 0 Å². The molecule has 1 unspecified atom stereocenters. The average Bonchev–Trinajstić information content (AvgIpc) is 3.01. The van der Waals surface area contributed by atoms with Crippen molar-refractivity contribution < 1.29 is 13.9 Å². The van der Waals surface area contributed by atoms with Crippen molar-refractivity contribution in [1.29, 1.82) is 0 Å². The van der Waals surface area contributed by atoms with Crippen molar-refractivity contribution in [2.45, 2.75) is 33.2 Å². The van der Waals surface area contributed by atoms with Crippen LogP contribution >= 0.6 is 0 Å². The number of aromatic nitrogens is 1. The number of nitrogens with one attached hydrogen (secondary N) is 1. The highest BCUT2D eigenvalue weighted by Crippen LogP contribution is 2.32. The zero-order chi connectivity index (χ0) is 16.8. The number of oxazole rings is 1. The lowest BCUT2D eigenvalue weighted by atomic mass is 10.0. The molecule has 1 heterocycles. The second kappa shape index (κ2) is 7.78. The van der Waals surface area contributed by atoms with Crippen LogP contribution in [0.3, 0.4) is 0 Å². The first-order valence-electron chi connectivity index (χ1n) is 7.73. The molecule has 6 nitrogen and oxygen atoms in total. The van der Waals surface area contributed by atoms with Gasteiger partial charge in [-0.2, -0.15) is 0 Å². The van der Waals surface area contributed by atoms with Crippen molar-refractivity contribution in [3.05, 3.63) is 30.8 Å². The standard InChI is InChI=1S/C17H23N3O3/c1-4-22-15-8-12(20-17(21)14(18)7-11(2)3)5-6-13(15)16-9-19-10-23-16/h5-6,8-11,14H,4,7,18H2,1-3H3,(H,20,21). The summed E-state index contributed by atoms with van der Waals surface area (Å²) >= 11 is 0. The van der Waals surface area contributed by atoms with Crippen LogP contribution in [0.2, 0.25) is 0 Å². The van der Waals surface area contributed by atoms with E-state index < -0.39 is 6.04 Å². The van der Waals surface area contributed by atoms with Gasteiger partial charge >= 0.3 is 0 Å². The number of hydrogen-bond acceptors (Lipinski definition) is 5. The van der Waals surface area contributed by atoms with Crippen molar-refractivity contribution in [2.75, 3.05) is 11.9 Å². The van der Waals surface area contributed by atoms with Crippen molar-refractivity contribution in [2.24, 2.45) is 11.7 Å². The Kier molecular flexibility index (Phi) is 5.76. The largest absolute Gasteiger partial charge is 0.493 e. The number of nitrogens with zero attached hydrogens (tertiary/aromatic N) is 1. The highest BCUT2D eigenvalue weighted by atomic mass is 16.5. The summed E-state index contributed by atoms with van der Waals surface area (Å²) in [5, 5.41) is 2.83. The van der Waals surface area contributed by atoms with Gasteiger partial charge in [0.1, 0.15) is 5.75 Å². The lowest BCUT2D eigenvalue weighted by molar-refractivity contribution is -0.117. The Balaban J connectivity index is 2.17. The highest BCUT2D eigenvalue weighted by molar-refractivity contribution is 5.95. The van der Waals surface area contributed by atoms with E-state index in [2.05, 4.69) is 10.3 Å².